The summed E-state index contributed by atoms with van der Waals surface area (Å²) >= 11 is 7.39. The second-order valence-electron chi connectivity index (χ2n) is 3.24. The third-order valence-corrected chi connectivity index (χ3v) is 3.12. The molecule has 2 heterocycles. The summed E-state index contributed by atoms with van der Waals surface area (Å²) < 4.78 is 6.29. The lowest BCUT2D eigenvalue weighted by Crippen LogP contribution is -1.95. The van der Waals surface area contributed by atoms with Crippen molar-refractivity contribution < 1.29 is 4.74 Å². The lowest BCUT2D eigenvalue weighted by Gasteiger charge is -1.90. The Labute approximate surface area is 74.9 Å². The molecule has 1 fully saturated rings. The van der Waals surface area contributed by atoms with Gasteiger partial charge in [0.2, 0.25) is 0 Å². The zero-order valence-electron chi connectivity index (χ0n) is 6.43. The number of hydrogen-bond donors (Lipinski definition) is 0. The van der Waals surface area contributed by atoms with Crippen LogP contribution in [0.4, 0.5) is 0 Å². The van der Waals surface area contributed by atoms with E-state index in [0.717, 1.165) is 4.34 Å². The van der Waals surface area contributed by atoms with Gasteiger partial charge in [-0.05, 0) is 26.0 Å². The average Bonchev–Trinajstić information content (AvgIpc) is 2.39. The van der Waals surface area contributed by atoms with Crippen LogP contribution in [0.15, 0.2) is 12.1 Å². The van der Waals surface area contributed by atoms with Crippen molar-refractivity contribution in [3.63, 3.8) is 0 Å². The lowest BCUT2D eigenvalue weighted by atomic mass is 10.1. The van der Waals surface area contributed by atoms with Crippen LogP contribution in [0.25, 0.3) is 0 Å². The number of hydrogen-bond acceptors (Lipinski definition) is 2. The van der Waals surface area contributed by atoms with Crippen molar-refractivity contribution in [3.8, 4) is 0 Å². The van der Waals surface area contributed by atoms with E-state index in [2.05, 4.69) is 13.8 Å². The molecule has 0 radical (unpaired) electrons. The van der Waals surface area contributed by atoms with E-state index in [4.69, 9.17) is 16.3 Å². The molecule has 0 N–H and O–H groups in total. The summed E-state index contributed by atoms with van der Waals surface area (Å²) in [6.07, 6.45) is 0.278. The highest BCUT2D eigenvalue weighted by atomic mass is 35.5. The van der Waals surface area contributed by atoms with Crippen LogP contribution in [0.2, 0.25) is 4.34 Å². The summed E-state index contributed by atoms with van der Waals surface area (Å²) in [5.74, 6) is 0. The molecule has 1 unspecified atom stereocenters. The van der Waals surface area contributed by atoms with Crippen molar-refractivity contribution in [1.29, 1.82) is 0 Å². The Balaban J connectivity index is 2.20. The van der Waals surface area contributed by atoms with Crippen molar-refractivity contribution in [1.82, 2.24) is 0 Å². The molecule has 1 aliphatic rings. The van der Waals surface area contributed by atoms with Gasteiger partial charge in [-0.15, -0.1) is 11.3 Å². The van der Waals surface area contributed by atoms with Crippen molar-refractivity contribution >= 4 is 22.9 Å². The molecule has 0 amide bonds. The first-order valence-electron chi connectivity index (χ1n) is 3.53. The Kier molecular flexibility index (Phi) is 1.53. The van der Waals surface area contributed by atoms with E-state index in [9.17, 15) is 0 Å². The zero-order chi connectivity index (χ0) is 8.06. The maximum atomic E-state index is 5.79. The Hall–Kier alpha value is -0.0500. The van der Waals surface area contributed by atoms with Gasteiger partial charge >= 0.3 is 0 Å². The van der Waals surface area contributed by atoms with Crippen molar-refractivity contribution in [2.75, 3.05) is 0 Å². The minimum absolute atomic E-state index is 0.0359. The first-order chi connectivity index (χ1) is 5.09. The fraction of sp³-hybridized carbons (Fsp3) is 0.500. The molecule has 1 atom stereocenters. The number of ether oxygens (including phenoxy) is 1. The molecular weight excluding hydrogens is 180 g/mol. The van der Waals surface area contributed by atoms with Crippen molar-refractivity contribution in [2.45, 2.75) is 25.6 Å². The third-order valence-electron chi connectivity index (χ3n) is 1.85. The van der Waals surface area contributed by atoms with E-state index in [1.165, 1.54) is 4.88 Å². The molecule has 1 aromatic rings. The summed E-state index contributed by atoms with van der Waals surface area (Å²) in [6, 6.07) is 3.95. The van der Waals surface area contributed by atoms with Crippen LogP contribution < -0.4 is 0 Å². The van der Waals surface area contributed by atoms with Gasteiger partial charge in [-0.25, -0.2) is 0 Å². The van der Waals surface area contributed by atoms with Crippen molar-refractivity contribution in [3.05, 3.63) is 21.3 Å². The second kappa shape index (κ2) is 2.22. The van der Waals surface area contributed by atoms with Crippen LogP contribution in [0.1, 0.15) is 24.8 Å². The molecule has 0 spiro atoms. The van der Waals surface area contributed by atoms with E-state index in [1.807, 2.05) is 12.1 Å². The molecule has 0 saturated carbocycles. The molecule has 1 nitrogen and oxygen atoms in total. The van der Waals surface area contributed by atoms with Gasteiger partial charge in [0.25, 0.3) is 0 Å². The molecule has 60 valence electrons. The molecule has 11 heavy (non-hydrogen) atoms. The summed E-state index contributed by atoms with van der Waals surface area (Å²) in [7, 11) is 0. The molecule has 0 aliphatic carbocycles. The van der Waals surface area contributed by atoms with Gasteiger partial charge in [0.15, 0.2) is 0 Å². The van der Waals surface area contributed by atoms with E-state index < -0.39 is 0 Å². The summed E-state index contributed by atoms with van der Waals surface area (Å²) in [4.78, 5) is 1.24. The normalized spacial score (nSPS) is 27.0. The monoisotopic (exact) mass is 188 g/mol. The smallest absolute Gasteiger partial charge is 0.121 e. The van der Waals surface area contributed by atoms with Crippen LogP contribution in [-0.2, 0) is 4.74 Å². The van der Waals surface area contributed by atoms with Gasteiger partial charge < -0.3 is 4.74 Å². The number of rotatable bonds is 1. The lowest BCUT2D eigenvalue weighted by molar-refractivity contribution is 0.326. The fourth-order valence-electron chi connectivity index (χ4n) is 1.14. The molecule has 0 bridgehead atoms. The highest BCUT2D eigenvalue weighted by molar-refractivity contribution is 7.16. The first kappa shape index (κ1) is 7.59. The van der Waals surface area contributed by atoms with Gasteiger partial charge in [0, 0.05) is 4.88 Å². The Morgan fingerprint density at radius 3 is 2.55 bits per heavy atom. The van der Waals surface area contributed by atoms with Crippen molar-refractivity contribution in [2.24, 2.45) is 0 Å². The molecule has 1 saturated heterocycles. The zero-order valence-corrected chi connectivity index (χ0v) is 8.00. The van der Waals surface area contributed by atoms with Crippen LogP contribution in [0.5, 0.6) is 0 Å². The molecular formula is C8H9ClOS. The summed E-state index contributed by atoms with van der Waals surface area (Å²) in [5.41, 5.74) is 0.0359. The minimum atomic E-state index is 0.0359. The topological polar surface area (TPSA) is 12.5 Å². The molecule has 1 aromatic heterocycles. The highest BCUT2D eigenvalue weighted by Crippen LogP contribution is 2.51. The highest BCUT2D eigenvalue weighted by Gasteiger charge is 2.49. The predicted octanol–water partition coefficient (Wildman–Crippen LogP) is 3.25. The summed E-state index contributed by atoms with van der Waals surface area (Å²) in [5, 5.41) is 0. The maximum Gasteiger partial charge on any atom is 0.121 e. The van der Waals surface area contributed by atoms with Crippen LogP contribution in [-0.4, -0.2) is 5.60 Å². The van der Waals surface area contributed by atoms with Gasteiger partial charge in [-0.3, -0.25) is 0 Å². The van der Waals surface area contributed by atoms with Gasteiger partial charge in [-0.1, -0.05) is 11.6 Å². The second-order valence-corrected chi connectivity index (χ2v) is 4.99. The molecule has 3 heteroatoms. The number of halogens is 1. The minimum Gasteiger partial charge on any atom is -0.361 e. The van der Waals surface area contributed by atoms with Crippen LogP contribution in [0.3, 0.4) is 0 Å². The van der Waals surface area contributed by atoms with E-state index in [-0.39, 0.29) is 11.7 Å². The third kappa shape index (κ3) is 1.31. The molecule has 0 aromatic carbocycles. The Morgan fingerprint density at radius 1 is 1.55 bits per heavy atom. The van der Waals surface area contributed by atoms with Gasteiger partial charge in [0.05, 0.1) is 9.94 Å². The largest absolute Gasteiger partial charge is 0.361 e. The first-order valence-corrected chi connectivity index (χ1v) is 4.72. The molecule has 1 aliphatic heterocycles. The average molecular weight is 189 g/mol. The number of epoxide rings is 1. The SMILES string of the molecule is CC1(C)OC1c1ccc(Cl)s1. The van der Waals surface area contributed by atoms with Gasteiger partial charge in [0.1, 0.15) is 6.10 Å². The Bertz CT molecular complexity index is 279. The standard InChI is InChI=1S/C8H9ClOS/c1-8(2)7(10-8)5-3-4-6(9)11-5/h3-4,7H,1-2H3. The Morgan fingerprint density at radius 2 is 2.18 bits per heavy atom. The van der Waals surface area contributed by atoms with E-state index >= 15 is 0 Å². The fourth-order valence-corrected chi connectivity index (χ4v) is 2.41. The van der Waals surface area contributed by atoms with Crippen LogP contribution >= 0.6 is 22.9 Å². The molecule has 2 rings (SSSR count). The van der Waals surface area contributed by atoms with E-state index in [0.29, 0.717) is 0 Å². The number of thiophene rings is 1. The van der Waals surface area contributed by atoms with E-state index in [1.54, 1.807) is 11.3 Å². The maximum absolute atomic E-state index is 5.79. The quantitative estimate of drug-likeness (QED) is 0.617. The predicted molar refractivity (Wildman–Crippen MR) is 47.2 cm³/mol. The summed E-state index contributed by atoms with van der Waals surface area (Å²) in [6.45, 7) is 4.18. The van der Waals surface area contributed by atoms with Crippen LogP contribution in [0, 0.1) is 0 Å². The van der Waals surface area contributed by atoms with Gasteiger partial charge in [-0.2, -0.15) is 0 Å².